The first-order valence-corrected chi connectivity index (χ1v) is 7.72. The molecular weight excluding hydrogens is 264 g/mol. The molecule has 21 heavy (non-hydrogen) atoms. The predicted octanol–water partition coefficient (Wildman–Crippen LogP) is 2.35. The molecule has 1 saturated carbocycles. The van der Waals surface area contributed by atoms with Gasteiger partial charge < -0.3 is 15.4 Å². The zero-order chi connectivity index (χ0) is 15.3. The molecule has 1 aliphatic carbocycles. The lowest BCUT2D eigenvalue weighted by atomic mass is 9.85. The number of hydrogen-bond donors (Lipinski definition) is 1. The smallest absolute Gasteiger partial charge is 0.229 e. The molecule has 4 heteroatoms. The normalized spacial score (nSPS) is 16.7. The second-order valence-corrected chi connectivity index (χ2v) is 6.08. The maximum atomic E-state index is 12.6. The molecule has 0 spiro atoms. The summed E-state index contributed by atoms with van der Waals surface area (Å²) >= 11 is 0. The molecule has 116 valence electrons. The molecule has 0 bridgehead atoms. The quantitative estimate of drug-likeness (QED) is 0.875. The van der Waals surface area contributed by atoms with E-state index in [2.05, 4.69) is 0 Å². The van der Waals surface area contributed by atoms with Gasteiger partial charge >= 0.3 is 0 Å². The molecule has 2 N–H and O–H groups in total. The summed E-state index contributed by atoms with van der Waals surface area (Å²) in [6.45, 7) is 3.59. The number of carbonyl (C=O) groups excluding carboxylic acids is 1. The topological polar surface area (TPSA) is 55.6 Å². The Morgan fingerprint density at radius 1 is 1.38 bits per heavy atom. The highest BCUT2D eigenvalue weighted by molar-refractivity contribution is 5.83. The van der Waals surface area contributed by atoms with Crippen LogP contribution in [0.15, 0.2) is 24.3 Å². The second kappa shape index (κ2) is 6.94. The number of aryl methyl sites for hydroxylation is 1. The van der Waals surface area contributed by atoms with Crippen molar-refractivity contribution in [3.63, 3.8) is 0 Å². The third-order valence-corrected chi connectivity index (χ3v) is 4.44. The Morgan fingerprint density at radius 3 is 2.71 bits per heavy atom. The summed E-state index contributed by atoms with van der Waals surface area (Å²) in [4.78, 5) is 14.4. The maximum absolute atomic E-state index is 12.6. The zero-order valence-electron chi connectivity index (χ0n) is 13.1. The Bertz CT molecular complexity index is 481. The van der Waals surface area contributed by atoms with Gasteiger partial charge in [-0.3, -0.25) is 4.79 Å². The van der Waals surface area contributed by atoms with Crippen molar-refractivity contribution >= 4 is 5.91 Å². The lowest BCUT2D eigenvalue weighted by Crippen LogP contribution is -2.46. The molecule has 0 aliphatic heterocycles. The van der Waals surface area contributed by atoms with Gasteiger partial charge in [-0.2, -0.15) is 0 Å². The lowest BCUT2D eigenvalue weighted by molar-refractivity contribution is -0.140. The van der Waals surface area contributed by atoms with Gasteiger partial charge in [0.1, 0.15) is 12.4 Å². The molecule has 0 atom stereocenters. The van der Waals surface area contributed by atoms with Crippen molar-refractivity contribution in [2.24, 2.45) is 11.1 Å². The van der Waals surface area contributed by atoms with Crippen LogP contribution in [-0.2, 0) is 4.79 Å². The number of amides is 1. The monoisotopic (exact) mass is 290 g/mol. The SMILES string of the molecule is Cc1cccc(OCCN(C)C(=O)C2(CN)CCCC2)c1. The molecule has 4 nitrogen and oxygen atoms in total. The van der Waals surface area contributed by atoms with Gasteiger partial charge in [0, 0.05) is 13.6 Å². The Labute approximate surface area is 127 Å². The Hall–Kier alpha value is -1.55. The number of benzene rings is 1. The van der Waals surface area contributed by atoms with Crippen LogP contribution in [0.2, 0.25) is 0 Å². The standard InChI is InChI=1S/C17H26N2O2/c1-14-6-5-7-15(12-14)21-11-10-19(2)16(20)17(13-18)8-3-4-9-17/h5-7,12H,3-4,8-11,13,18H2,1-2H3. The van der Waals surface area contributed by atoms with Crippen molar-refractivity contribution in [2.75, 3.05) is 26.7 Å². The van der Waals surface area contributed by atoms with Crippen LogP contribution in [0.5, 0.6) is 5.75 Å². The van der Waals surface area contributed by atoms with Crippen LogP contribution in [0.3, 0.4) is 0 Å². The van der Waals surface area contributed by atoms with Crippen LogP contribution in [-0.4, -0.2) is 37.6 Å². The van der Waals surface area contributed by atoms with Gasteiger partial charge in [-0.25, -0.2) is 0 Å². The predicted molar refractivity (Wildman–Crippen MR) is 84.3 cm³/mol. The summed E-state index contributed by atoms with van der Waals surface area (Å²) < 4.78 is 5.71. The van der Waals surface area contributed by atoms with Crippen LogP contribution in [0.1, 0.15) is 31.2 Å². The summed E-state index contributed by atoms with van der Waals surface area (Å²) in [5.74, 6) is 1.03. The minimum atomic E-state index is -0.321. The number of carbonyl (C=O) groups is 1. The molecule has 2 rings (SSSR count). The van der Waals surface area contributed by atoms with E-state index < -0.39 is 0 Å². The summed E-state index contributed by atoms with van der Waals surface area (Å²) in [7, 11) is 1.84. The fraction of sp³-hybridized carbons (Fsp3) is 0.588. The van der Waals surface area contributed by atoms with E-state index in [1.54, 1.807) is 4.90 Å². The van der Waals surface area contributed by atoms with E-state index in [1.165, 1.54) is 5.56 Å². The Kier molecular flexibility index (Phi) is 5.23. The molecule has 1 fully saturated rings. The van der Waals surface area contributed by atoms with Crippen LogP contribution in [0, 0.1) is 12.3 Å². The third-order valence-electron chi connectivity index (χ3n) is 4.44. The summed E-state index contributed by atoms with van der Waals surface area (Å²) in [6, 6.07) is 7.95. The maximum Gasteiger partial charge on any atom is 0.229 e. The zero-order valence-corrected chi connectivity index (χ0v) is 13.1. The molecule has 0 saturated heterocycles. The van der Waals surface area contributed by atoms with Gasteiger partial charge in [0.25, 0.3) is 0 Å². The van der Waals surface area contributed by atoms with Crippen LogP contribution < -0.4 is 10.5 Å². The fourth-order valence-corrected chi connectivity index (χ4v) is 3.07. The molecule has 0 radical (unpaired) electrons. The van der Waals surface area contributed by atoms with Crippen molar-refractivity contribution in [1.29, 1.82) is 0 Å². The lowest BCUT2D eigenvalue weighted by Gasteiger charge is -2.31. The number of nitrogens with zero attached hydrogens (tertiary/aromatic N) is 1. The fourth-order valence-electron chi connectivity index (χ4n) is 3.07. The van der Waals surface area contributed by atoms with E-state index in [4.69, 9.17) is 10.5 Å². The van der Waals surface area contributed by atoms with Gasteiger partial charge in [0.2, 0.25) is 5.91 Å². The molecule has 1 aliphatic rings. The Morgan fingerprint density at radius 2 is 2.10 bits per heavy atom. The van der Waals surface area contributed by atoms with Crippen molar-refractivity contribution in [3.8, 4) is 5.75 Å². The van der Waals surface area contributed by atoms with Crippen molar-refractivity contribution < 1.29 is 9.53 Å². The minimum Gasteiger partial charge on any atom is -0.492 e. The highest BCUT2D eigenvalue weighted by atomic mass is 16.5. The average molecular weight is 290 g/mol. The molecular formula is C17H26N2O2. The molecule has 0 aromatic heterocycles. The van der Waals surface area contributed by atoms with Crippen LogP contribution >= 0.6 is 0 Å². The van der Waals surface area contributed by atoms with E-state index in [9.17, 15) is 4.79 Å². The van der Waals surface area contributed by atoms with E-state index >= 15 is 0 Å². The average Bonchev–Trinajstić information content (AvgIpc) is 2.96. The van der Waals surface area contributed by atoms with Gasteiger partial charge in [0.05, 0.1) is 12.0 Å². The molecule has 1 aromatic carbocycles. The van der Waals surface area contributed by atoms with E-state index in [-0.39, 0.29) is 11.3 Å². The second-order valence-electron chi connectivity index (χ2n) is 6.08. The van der Waals surface area contributed by atoms with Crippen molar-refractivity contribution in [3.05, 3.63) is 29.8 Å². The number of hydrogen-bond acceptors (Lipinski definition) is 3. The first-order chi connectivity index (χ1) is 10.1. The highest BCUT2D eigenvalue weighted by Gasteiger charge is 2.41. The largest absolute Gasteiger partial charge is 0.492 e. The van der Waals surface area contributed by atoms with Gasteiger partial charge in [-0.05, 0) is 37.5 Å². The number of likely N-dealkylation sites (N-methyl/N-ethyl adjacent to an activating group) is 1. The number of rotatable bonds is 6. The Balaban J connectivity index is 1.84. The first kappa shape index (κ1) is 15.8. The van der Waals surface area contributed by atoms with Crippen molar-refractivity contribution in [2.45, 2.75) is 32.6 Å². The summed E-state index contributed by atoms with van der Waals surface area (Å²) in [5.41, 5.74) is 6.72. The van der Waals surface area contributed by atoms with Gasteiger partial charge in [-0.15, -0.1) is 0 Å². The van der Waals surface area contributed by atoms with Gasteiger partial charge in [-0.1, -0.05) is 25.0 Å². The van der Waals surface area contributed by atoms with E-state index in [0.717, 1.165) is 31.4 Å². The van der Waals surface area contributed by atoms with Crippen LogP contribution in [0.4, 0.5) is 0 Å². The molecule has 1 aromatic rings. The molecule has 0 heterocycles. The molecule has 1 amide bonds. The van der Waals surface area contributed by atoms with Crippen molar-refractivity contribution in [1.82, 2.24) is 4.90 Å². The number of ether oxygens (including phenoxy) is 1. The summed E-state index contributed by atoms with van der Waals surface area (Å²) in [5, 5.41) is 0. The van der Waals surface area contributed by atoms with Crippen LogP contribution in [0.25, 0.3) is 0 Å². The highest BCUT2D eigenvalue weighted by Crippen LogP contribution is 2.38. The third kappa shape index (κ3) is 3.76. The first-order valence-electron chi connectivity index (χ1n) is 7.72. The van der Waals surface area contributed by atoms with E-state index in [1.807, 2.05) is 38.2 Å². The number of nitrogens with two attached hydrogens (primary N) is 1. The summed E-state index contributed by atoms with van der Waals surface area (Å²) in [6.07, 6.45) is 4.06. The molecule has 0 unspecified atom stereocenters. The van der Waals surface area contributed by atoms with Gasteiger partial charge in [0.15, 0.2) is 0 Å². The minimum absolute atomic E-state index is 0.176. The van der Waals surface area contributed by atoms with E-state index in [0.29, 0.717) is 19.7 Å².